The Morgan fingerprint density at radius 3 is 2.39 bits per heavy atom. The summed E-state index contributed by atoms with van der Waals surface area (Å²) in [5.74, 6) is 0.716. The highest BCUT2D eigenvalue weighted by molar-refractivity contribution is 7.80. The van der Waals surface area contributed by atoms with Crippen LogP contribution in [0.25, 0.3) is 0 Å². The molecule has 0 spiro atoms. The van der Waals surface area contributed by atoms with Crippen molar-refractivity contribution in [3.05, 3.63) is 30.3 Å². The summed E-state index contributed by atoms with van der Waals surface area (Å²) in [6.45, 7) is 8.84. The number of thiocarbonyl (C=S) groups is 2. The third-order valence-corrected chi connectivity index (χ3v) is 6.47. The standard InChI is InChI=1S/C22H34N2O2S2/c1-5-6-12-22(24,18(27)25-16-10-8-7-9-11-16)21(4)14-17(26-19(23)28)13-20(2,3)15-21/h7-11,17H,5-6,12-15,24H2,1-4H3,(H2,23,28). The highest BCUT2D eigenvalue weighted by Crippen LogP contribution is 2.53. The van der Waals surface area contributed by atoms with Gasteiger partial charge in [-0.2, -0.15) is 0 Å². The normalized spacial score (nSPS) is 26.1. The van der Waals surface area contributed by atoms with Gasteiger partial charge in [0.25, 0.3) is 5.17 Å². The maximum absolute atomic E-state index is 7.11. The summed E-state index contributed by atoms with van der Waals surface area (Å²) < 4.78 is 11.9. The molecule has 1 fully saturated rings. The van der Waals surface area contributed by atoms with Crippen LogP contribution in [0, 0.1) is 10.8 Å². The van der Waals surface area contributed by atoms with Gasteiger partial charge in [0.15, 0.2) is 5.05 Å². The van der Waals surface area contributed by atoms with E-state index in [1.54, 1.807) is 0 Å². The lowest BCUT2D eigenvalue weighted by atomic mass is 9.55. The van der Waals surface area contributed by atoms with Gasteiger partial charge < -0.3 is 20.9 Å². The molecule has 1 aromatic carbocycles. The molecule has 0 radical (unpaired) electrons. The molecule has 2 rings (SSSR count). The van der Waals surface area contributed by atoms with Gasteiger partial charge in [0, 0.05) is 0 Å². The predicted molar refractivity (Wildman–Crippen MR) is 124 cm³/mol. The predicted octanol–water partition coefficient (Wildman–Crippen LogP) is 5.13. The van der Waals surface area contributed by atoms with Gasteiger partial charge in [-0.25, -0.2) is 0 Å². The number of ether oxygens (including phenoxy) is 2. The maximum Gasteiger partial charge on any atom is 0.254 e. The van der Waals surface area contributed by atoms with Gasteiger partial charge in [-0.1, -0.05) is 58.7 Å². The Morgan fingerprint density at radius 1 is 1.18 bits per heavy atom. The topological polar surface area (TPSA) is 70.5 Å². The number of unbranched alkanes of at least 4 members (excludes halogenated alkanes) is 1. The number of benzene rings is 1. The van der Waals surface area contributed by atoms with Crippen LogP contribution in [0.1, 0.15) is 66.2 Å². The summed E-state index contributed by atoms with van der Waals surface area (Å²) in [6.07, 6.45) is 5.26. The average Bonchev–Trinajstić information content (AvgIpc) is 2.57. The van der Waals surface area contributed by atoms with E-state index in [1.807, 2.05) is 30.3 Å². The van der Waals surface area contributed by atoms with Gasteiger partial charge >= 0.3 is 0 Å². The van der Waals surface area contributed by atoms with Crippen LogP contribution in [0.15, 0.2) is 30.3 Å². The van der Waals surface area contributed by atoms with Crippen molar-refractivity contribution in [2.45, 2.75) is 77.9 Å². The molecule has 3 unspecified atom stereocenters. The van der Waals surface area contributed by atoms with E-state index in [9.17, 15) is 0 Å². The van der Waals surface area contributed by atoms with E-state index in [1.165, 1.54) is 0 Å². The van der Waals surface area contributed by atoms with Gasteiger partial charge in [-0.05, 0) is 73.1 Å². The van der Waals surface area contributed by atoms with E-state index in [4.69, 9.17) is 45.4 Å². The van der Waals surface area contributed by atoms with Crippen LogP contribution in [-0.2, 0) is 4.74 Å². The molecule has 1 aliphatic carbocycles. The number of hydrogen-bond acceptors (Lipinski definition) is 5. The first-order valence-electron chi connectivity index (χ1n) is 10.0. The van der Waals surface area contributed by atoms with Crippen LogP contribution in [0.5, 0.6) is 5.75 Å². The Balaban J connectivity index is 2.37. The highest BCUT2D eigenvalue weighted by atomic mass is 32.1. The van der Waals surface area contributed by atoms with Gasteiger partial charge in [0.05, 0.1) is 5.54 Å². The lowest BCUT2D eigenvalue weighted by Crippen LogP contribution is -2.64. The van der Waals surface area contributed by atoms with Crippen LogP contribution in [0.2, 0.25) is 0 Å². The fourth-order valence-corrected chi connectivity index (χ4v) is 5.35. The Hall–Kier alpha value is -1.24. The third kappa shape index (κ3) is 5.43. The van der Waals surface area contributed by atoms with E-state index in [2.05, 4.69) is 27.7 Å². The molecule has 1 aliphatic rings. The molecule has 156 valence electrons. The van der Waals surface area contributed by atoms with E-state index >= 15 is 0 Å². The zero-order chi connectivity index (χ0) is 21.0. The molecule has 0 heterocycles. The molecule has 4 nitrogen and oxygen atoms in total. The second-order valence-electron chi connectivity index (χ2n) is 9.15. The molecule has 4 N–H and O–H groups in total. The van der Waals surface area contributed by atoms with Gasteiger partial charge in [-0.3, -0.25) is 0 Å². The fourth-order valence-electron chi connectivity index (χ4n) is 4.77. The van der Waals surface area contributed by atoms with Gasteiger partial charge in [0.2, 0.25) is 0 Å². The molecule has 28 heavy (non-hydrogen) atoms. The fraction of sp³-hybridized carbons (Fsp3) is 0.636. The van der Waals surface area contributed by atoms with Crippen molar-refractivity contribution in [1.29, 1.82) is 0 Å². The van der Waals surface area contributed by atoms with Crippen molar-refractivity contribution in [1.82, 2.24) is 0 Å². The van der Waals surface area contributed by atoms with Crippen LogP contribution in [0.3, 0.4) is 0 Å². The van der Waals surface area contributed by atoms with Gasteiger partial charge in [-0.15, -0.1) is 0 Å². The molecule has 0 saturated heterocycles. The van der Waals surface area contributed by atoms with Crippen LogP contribution in [-0.4, -0.2) is 21.9 Å². The Morgan fingerprint density at radius 2 is 1.82 bits per heavy atom. The number of hydrogen-bond donors (Lipinski definition) is 2. The average molecular weight is 423 g/mol. The third-order valence-electron chi connectivity index (χ3n) is 5.93. The molecule has 6 heteroatoms. The second-order valence-corrected chi connectivity index (χ2v) is 9.92. The highest BCUT2D eigenvalue weighted by Gasteiger charge is 2.55. The quantitative estimate of drug-likeness (QED) is 0.594. The van der Waals surface area contributed by atoms with Crippen molar-refractivity contribution in [2.75, 3.05) is 0 Å². The van der Waals surface area contributed by atoms with Crippen molar-refractivity contribution in [2.24, 2.45) is 22.3 Å². The summed E-state index contributed by atoms with van der Waals surface area (Å²) in [7, 11) is 0. The number of para-hydroxylation sites is 1. The lowest BCUT2D eigenvalue weighted by Gasteiger charge is -2.54. The first-order valence-corrected chi connectivity index (χ1v) is 10.9. The Labute approximate surface area is 180 Å². The summed E-state index contributed by atoms with van der Waals surface area (Å²) in [6, 6.07) is 9.61. The largest absolute Gasteiger partial charge is 0.468 e. The number of rotatable bonds is 7. The molecule has 1 saturated carbocycles. The summed E-state index contributed by atoms with van der Waals surface area (Å²) in [4.78, 5) is 0. The minimum Gasteiger partial charge on any atom is -0.468 e. The van der Waals surface area contributed by atoms with Crippen molar-refractivity contribution < 1.29 is 9.47 Å². The molecular weight excluding hydrogens is 388 g/mol. The molecule has 0 aliphatic heterocycles. The van der Waals surface area contributed by atoms with Crippen molar-refractivity contribution in [3.63, 3.8) is 0 Å². The van der Waals surface area contributed by atoms with E-state index in [0.29, 0.717) is 10.8 Å². The number of nitrogens with two attached hydrogens (primary N) is 2. The van der Waals surface area contributed by atoms with E-state index in [-0.39, 0.29) is 22.1 Å². The van der Waals surface area contributed by atoms with E-state index in [0.717, 1.165) is 38.5 Å². The van der Waals surface area contributed by atoms with E-state index < -0.39 is 5.54 Å². The maximum atomic E-state index is 7.11. The van der Waals surface area contributed by atoms with Gasteiger partial charge in [0.1, 0.15) is 11.9 Å². The monoisotopic (exact) mass is 422 g/mol. The van der Waals surface area contributed by atoms with Crippen molar-refractivity contribution in [3.8, 4) is 5.75 Å². The second kappa shape index (κ2) is 9.06. The van der Waals surface area contributed by atoms with Crippen molar-refractivity contribution >= 4 is 34.7 Å². The van der Waals surface area contributed by atoms with Crippen LogP contribution < -0.4 is 16.2 Å². The smallest absolute Gasteiger partial charge is 0.254 e. The molecule has 0 aromatic heterocycles. The molecule has 1 aromatic rings. The zero-order valence-electron chi connectivity index (χ0n) is 17.5. The first kappa shape index (κ1) is 23.0. The minimum absolute atomic E-state index is 0.0294. The summed E-state index contributed by atoms with van der Waals surface area (Å²) in [5, 5.41) is 0.533. The van der Waals surface area contributed by atoms with Crippen LogP contribution >= 0.6 is 24.4 Å². The Bertz CT molecular complexity index is 695. The SMILES string of the molecule is CCCCC(N)(C(=S)Oc1ccccc1)C1(C)CC(OC(N)=S)CC(C)(C)C1. The molecular formula is C22H34N2O2S2. The molecule has 3 atom stereocenters. The molecule has 0 amide bonds. The zero-order valence-corrected chi connectivity index (χ0v) is 19.1. The summed E-state index contributed by atoms with van der Waals surface area (Å²) >= 11 is 10.8. The summed E-state index contributed by atoms with van der Waals surface area (Å²) in [5.41, 5.74) is 11.8. The Kier molecular flexibility index (Phi) is 7.45. The minimum atomic E-state index is -0.760. The van der Waals surface area contributed by atoms with Crippen LogP contribution in [0.4, 0.5) is 0 Å². The lowest BCUT2D eigenvalue weighted by molar-refractivity contribution is -0.0304. The first-order chi connectivity index (χ1) is 13.0. The molecule has 0 bridgehead atoms.